The predicted octanol–water partition coefficient (Wildman–Crippen LogP) is 3.39. The predicted molar refractivity (Wildman–Crippen MR) is 127 cm³/mol. The quantitative estimate of drug-likeness (QED) is 0.465. The first-order valence-corrected chi connectivity index (χ1v) is 11.4. The molecule has 1 aliphatic heterocycles. The maximum atomic E-state index is 13.7. The van der Waals surface area contributed by atoms with Crippen LogP contribution in [0.1, 0.15) is 66.6 Å². The largest absolute Gasteiger partial charge is 0.467 e. The van der Waals surface area contributed by atoms with E-state index in [9.17, 15) is 14.4 Å². The Bertz CT molecular complexity index is 1120. The number of esters is 2. The minimum absolute atomic E-state index is 0.108. The van der Waals surface area contributed by atoms with E-state index in [2.05, 4.69) is 20.8 Å². The van der Waals surface area contributed by atoms with E-state index in [-0.39, 0.29) is 29.4 Å². The Balaban J connectivity index is 2.26. The number of rotatable bonds is 7. The van der Waals surface area contributed by atoms with Gasteiger partial charge in [-0.2, -0.15) is 0 Å². The Morgan fingerprint density at radius 2 is 1.82 bits per heavy atom. The molecule has 0 aliphatic carbocycles. The van der Waals surface area contributed by atoms with Crippen molar-refractivity contribution >= 4 is 22.8 Å². The molecule has 33 heavy (non-hydrogen) atoms. The van der Waals surface area contributed by atoms with E-state index in [4.69, 9.17) is 14.5 Å². The Morgan fingerprint density at radius 1 is 1.18 bits per heavy atom. The van der Waals surface area contributed by atoms with Crippen LogP contribution >= 0.6 is 0 Å². The third-order valence-electron chi connectivity index (χ3n) is 6.52. The molecular weight excluding hydrogens is 422 g/mol. The zero-order chi connectivity index (χ0) is 24.7. The molecule has 2 heterocycles. The van der Waals surface area contributed by atoms with Crippen LogP contribution < -0.4 is 10.6 Å². The van der Waals surface area contributed by atoms with Crippen LogP contribution in [0.3, 0.4) is 0 Å². The molecule has 3 atom stereocenters. The van der Waals surface area contributed by atoms with Crippen molar-refractivity contribution in [2.24, 2.45) is 11.3 Å². The molecule has 3 rings (SSSR count). The molecule has 0 saturated carbocycles. The SMILES string of the molecule is COC(=O)[C@@]1([C@H](CC(C)C)OC(C)=O)CN1n1c(C(C)C(C)(C)C)nc2ccccc2c1=O. The maximum absolute atomic E-state index is 13.7. The molecule has 2 aromatic rings. The molecule has 1 aromatic carbocycles. The number of benzene rings is 1. The van der Waals surface area contributed by atoms with Gasteiger partial charge in [-0.15, -0.1) is 0 Å². The van der Waals surface area contributed by atoms with Crippen molar-refractivity contribution in [3.05, 3.63) is 40.4 Å². The highest BCUT2D eigenvalue weighted by Gasteiger charge is 2.68. The van der Waals surface area contributed by atoms with E-state index >= 15 is 0 Å². The summed E-state index contributed by atoms with van der Waals surface area (Å²) in [6, 6.07) is 7.18. The Labute approximate surface area is 194 Å². The van der Waals surface area contributed by atoms with Crippen molar-refractivity contribution in [2.45, 2.75) is 72.4 Å². The van der Waals surface area contributed by atoms with Crippen LogP contribution in [-0.4, -0.2) is 46.9 Å². The first kappa shape index (κ1) is 24.7. The summed E-state index contributed by atoms with van der Waals surface area (Å²) >= 11 is 0. The highest BCUT2D eigenvalue weighted by molar-refractivity contribution is 5.90. The number of nitrogens with zero attached hydrogens (tertiary/aromatic N) is 3. The van der Waals surface area contributed by atoms with Gasteiger partial charge in [0.2, 0.25) is 5.54 Å². The Hall–Kier alpha value is -2.90. The van der Waals surface area contributed by atoms with Gasteiger partial charge in [-0.05, 0) is 29.9 Å². The number of ether oxygens (including phenoxy) is 2. The second-order valence-corrected chi connectivity index (χ2v) is 10.4. The number of carbonyl (C=O) groups excluding carboxylic acids is 2. The van der Waals surface area contributed by atoms with Gasteiger partial charge < -0.3 is 9.47 Å². The second-order valence-electron chi connectivity index (χ2n) is 10.4. The standard InChI is InChI=1S/C25H35N3O5/c1-15(2)13-20(33-17(4)29)25(23(31)32-8)14-27(25)28-21(16(3)24(5,6)7)26-19-12-10-9-11-18(19)22(28)30/h9-12,15-16,20H,13-14H2,1-8H3/t16?,20-,25-,27?/m0/s1. The topological polar surface area (TPSA) is 90.5 Å². The maximum Gasteiger partial charge on any atom is 0.339 e. The lowest BCUT2D eigenvalue weighted by Gasteiger charge is -2.32. The molecule has 1 aromatic heterocycles. The minimum atomic E-state index is -1.29. The number of aromatic nitrogens is 2. The molecule has 1 unspecified atom stereocenters. The molecule has 8 nitrogen and oxygen atoms in total. The van der Waals surface area contributed by atoms with Gasteiger partial charge >= 0.3 is 11.9 Å². The van der Waals surface area contributed by atoms with E-state index in [1.54, 1.807) is 17.1 Å². The Kier molecular flexibility index (Phi) is 6.60. The normalized spacial score (nSPS) is 20.0. The summed E-state index contributed by atoms with van der Waals surface area (Å²) in [6.45, 7) is 13.8. The smallest absolute Gasteiger partial charge is 0.339 e. The fourth-order valence-electron chi connectivity index (χ4n) is 4.20. The number of fused-ring (bicyclic) bond motifs is 1. The second kappa shape index (κ2) is 8.80. The highest BCUT2D eigenvalue weighted by Crippen LogP contribution is 2.42. The molecule has 0 amide bonds. The van der Waals surface area contributed by atoms with Crippen molar-refractivity contribution in [3.63, 3.8) is 0 Å². The van der Waals surface area contributed by atoms with Gasteiger partial charge in [0.05, 0.1) is 24.6 Å². The zero-order valence-corrected chi connectivity index (χ0v) is 20.8. The number of hydrogen-bond donors (Lipinski definition) is 0. The van der Waals surface area contributed by atoms with Crippen LogP contribution in [0.25, 0.3) is 10.9 Å². The van der Waals surface area contributed by atoms with Crippen LogP contribution in [-0.2, 0) is 19.1 Å². The number of carbonyl (C=O) groups is 2. The van der Waals surface area contributed by atoms with Crippen molar-refractivity contribution in [1.29, 1.82) is 0 Å². The summed E-state index contributed by atoms with van der Waals surface area (Å²) < 4.78 is 12.3. The van der Waals surface area contributed by atoms with E-state index in [1.807, 2.05) is 32.9 Å². The fraction of sp³-hybridized carbons (Fsp3) is 0.600. The molecule has 0 radical (unpaired) electrons. The Morgan fingerprint density at radius 3 is 2.36 bits per heavy atom. The van der Waals surface area contributed by atoms with Crippen molar-refractivity contribution in [1.82, 2.24) is 9.66 Å². The summed E-state index contributed by atoms with van der Waals surface area (Å²) in [6.07, 6.45) is -0.316. The average molecular weight is 458 g/mol. The fourth-order valence-corrected chi connectivity index (χ4v) is 4.20. The number of hydrogen-bond acceptors (Lipinski definition) is 7. The van der Waals surface area contributed by atoms with Gasteiger partial charge in [-0.1, -0.05) is 53.7 Å². The minimum Gasteiger partial charge on any atom is -0.467 e. The average Bonchev–Trinajstić information content (AvgIpc) is 3.47. The van der Waals surface area contributed by atoms with E-state index in [0.29, 0.717) is 23.1 Å². The van der Waals surface area contributed by atoms with Crippen LogP contribution in [0.15, 0.2) is 29.1 Å². The van der Waals surface area contributed by atoms with Gasteiger partial charge in [0.1, 0.15) is 11.9 Å². The summed E-state index contributed by atoms with van der Waals surface area (Å²) in [4.78, 5) is 43.7. The summed E-state index contributed by atoms with van der Waals surface area (Å²) in [5.41, 5.74) is -1.14. The van der Waals surface area contributed by atoms with E-state index in [1.165, 1.54) is 18.7 Å². The molecule has 1 aliphatic rings. The van der Waals surface area contributed by atoms with Crippen LogP contribution in [0.5, 0.6) is 0 Å². The van der Waals surface area contributed by atoms with Gasteiger partial charge in [0, 0.05) is 12.8 Å². The van der Waals surface area contributed by atoms with Crippen LogP contribution in [0, 0.1) is 11.3 Å². The van der Waals surface area contributed by atoms with Gasteiger partial charge in [0.25, 0.3) is 5.56 Å². The third-order valence-corrected chi connectivity index (χ3v) is 6.52. The monoisotopic (exact) mass is 457 g/mol. The molecule has 1 fully saturated rings. The van der Waals surface area contributed by atoms with Gasteiger partial charge in [-0.3, -0.25) is 14.6 Å². The molecule has 0 N–H and O–H groups in total. The molecule has 1 saturated heterocycles. The lowest BCUT2D eigenvalue weighted by Crippen LogP contribution is -2.50. The molecule has 0 bridgehead atoms. The first-order valence-electron chi connectivity index (χ1n) is 11.4. The van der Waals surface area contributed by atoms with E-state index in [0.717, 1.165) is 0 Å². The molecule has 180 valence electrons. The van der Waals surface area contributed by atoms with Crippen molar-refractivity contribution in [3.8, 4) is 0 Å². The van der Waals surface area contributed by atoms with Crippen molar-refractivity contribution < 1.29 is 19.1 Å². The molecular formula is C25H35N3O5. The van der Waals surface area contributed by atoms with Crippen molar-refractivity contribution in [2.75, 3.05) is 18.7 Å². The highest BCUT2D eigenvalue weighted by atomic mass is 16.6. The third kappa shape index (κ3) is 4.48. The van der Waals surface area contributed by atoms with Crippen LogP contribution in [0.2, 0.25) is 0 Å². The number of para-hydroxylation sites is 1. The number of methoxy groups -OCH3 is 1. The summed E-state index contributed by atoms with van der Waals surface area (Å²) in [5, 5.41) is 2.12. The van der Waals surface area contributed by atoms with E-state index < -0.39 is 23.6 Å². The summed E-state index contributed by atoms with van der Waals surface area (Å²) in [7, 11) is 1.31. The summed E-state index contributed by atoms with van der Waals surface area (Å²) in [5.74, 6) is -0.421. The van der Waals surface area contributed by atoms with Gasteiger partial charge in [0.15, 0.2) is 0 Å². The molecule has 8 heteroatoms. The van der Waals surface area contributed by atoms with Gasteiger partial charge in [-0.25, -0.2) is 14.5 Å². The first-order chi connectivity index (χ1) is 15.3. The van der Waals surface area contributed by atoms with Crippen LogP contribution in [0.4, 0.5) is 0 Å². The lowest BCUT2D eigenvalue weighted by molar-refractivity contribution is -0.156. The molecule has 0 spiro atoms. The lowest BCUT2D eigenvalue weighted by atomic mass is 9.81. The zero-order valence-electron chi connectivity index (χ0n) is 20.8.